The van der Waals surface area contributed by atoms with Gasteiger partial charge in [0.25, 0.3) is 0 Å². The van der Waals surface area contributed by atoms with E-state index in [0.717, 1.165) is 12.8 Å². The summed E-state index contributed by atoms with van der Waals surface area (Å²) in [7, 11) is 0. The molecule has 0 radical (unpaired) electrons. The average Bonchev–Trinajstić information content (AvgIpc) is 2.51. The molecule has 3 unspecified atom stereocenters. The molecule has 3 saturated heterocycles. The quantitative estimate of drug-likeness (QED) is 0.684. The summed E-state index contributed by atoms with van der Waals surface area (Å²) >= 11 is 3.74. The molecule has 1 spiro atoms. The molecule has 4 nitrogen and oxygen atoms in total. The van der Waals surface area contributed by atoms with Crippen molar-refractivity contribution in [2.45, 2.75) is 86.6 Å². The van der Waals surface area contributed by atoms with Gasteiger partial charge in [-0.25, -0.2) is 0 Å². The van der Waals surface area contributed by atoms with Crippen LogP contribution in [0.25, 0.3) is 0 Å². The van der Waals surface area contributed by atoms with Crippen LogP contribution in [0.1, 0.15) is 47.0 Å². The standard InChI is InChI=1S/C15H23BrO4/c1-12(2)10(16)7-15-14(4,19-12)8-5-11(18-15)13(3,20-15)6-9(8)17/h8-11,17H,5-7H2,1-4H3/t8?,9-,10+,11?,13?,14-,15-/m0/s1. The Morgan fingerprint density at radius 1 is 1.10 bits per heavy atom. The minimum Gasteiger partial charge on any atom is -0.393 e. The highest BCUT2D eigenvalue weighted by Crippen LogP contribution is 2.65. The number of hydrogen-bond acceptors (Lipinski definition) is 4. The zero-order valence-electron chi connectivity index (χ0n) is 12.5. The molecule has 4 rings (SSSR count). The lowest BCUT2D eigenvalue weighted by molar-refractivity contribution is -0.372. The van der Waals surface area contributed by atoms with E-state index in [-0.39, 0.29) is 34.2 Å². The Morgan fingerprint density at radius 3 is 2.50 bits per heavy atom. The van der Waals surface area contributed by atoms with Crippen molar-refractivity contribution in [3.05, 3.63) is 0 Å². The van der Waals surface area contributed by atoms with Crippen LogP contribution in [0.4, 0.5) is 0 Å². The zero-order chi connectivity index (χ0) is 14.6. The van der Waals surface area contributed by atoms with E-state index in [1.165, 1.54) is 0 Å². The number of aliphatic hydroxyl groups is 1. The van der Waals surface area contributed by atoms with Gasteiger partial charge in [-0.05, 0) is 34.1 Å². The Kier molecular flexibility index (Phi) is 2.52. The number of alkyl halides is 1. The van der Waals surface area contributed by atoms with Gasteiger partial charge in [0.2, 0.25) is 0 Å². The summed E-state index contributed by atoms with van der Waals surface area (Å²) in [6, 6.07) is 0. The fourth-order valence-corrected chi connectivity index (χ4v) is 5.39. The van der Waals surface area contributed by atoms with E-state index in [4.69, 9.17) is 14.2 Å². The van der Waals surface area contributed by atoms with Crippen molar-refractivity contribution in [1.29, 1.82) is 0 Å². The number of aliphatic hydroxyl groups excluding tert-OH is 1. The SMILES string of the molecule is CC12C[C@H](O)C3CC1O[C@@]1(C[C@@H](Br)C(C)(C)O[C@@]31C)O2. The number of halogens is 1. The molecule has 1 N–H and O–H groups in total. The van der Waals surface area contributed by atoms with Crippen molar-refractivity contribution in [2.24, 2.45) is 5.92 Å². The van der Waals surface area contributed by atoms with Gasteiger partial charge in [0.15, 0.2) is 5.79 Å². The lowest BCUT2D eigenvalue weighted by Gasteiger charge is -2.60. The Balaban J connectivity index is 1.85. The van der Waals surface area contributed by atoms with Crippen LogP contribution in [0, 0.1) is 5.92 Å². The summed E-state index contributed by atoms with van der Waals surface area (Å²) < 4.78 is 19.3. The predicted octanol–water partition coefficient (Wildman–Crippen LogP) is 2.36. The highest BCUT2D eigenvalue weighted by molar-refractivity contribution is 9.09. The first-order valence-electron chi connectivity index (χ1n) is 7.52. The molecule has 1 aliphatic carbocycles. The van der Waals surface area contributed by atoms with E-state index in [1.807, 2.05) is 0 Å². The molecule has 4 fully saturated rings. The summed E-state index contributed by atoms with van der Waals surface area (Å²) in [5.74, 6) is -0.646. The second-order valence-corrected chi connectivity index (χ2v) is 8.98. The fourth-order valence-electron chi connectivity index (χ4n) is 4.87. The van der Waals surface area contributed by atoms with Gasteiger partial charge in [-0.1, -0.05) is 15.9 Å². The van der Waals surface area contributed by atoms with Gasteiger partial charge >= 0.3 is 0 Å². The van der Waals surface area contributed by atoms with Crippen molar-refractivity contribution in [1.82, 2.24) is 0 Å². The minimum atomic E-state index is -0.726. The molecule has 4 aliphatic rings. The largest absolute Gasteiger partial charge is 0.393 e. The highest BCUT2D eigenvalue weighted by atomic mass is 79.9. The van der Waals surface area contributed by atoms with Gasteiger partial charge in [-0.15, -0.1) is 0 Å². The molecule has 3 heterocycles. The maximum atomic E-state index is 10.6. The first-order valence-corrected chi connectivity index (χ1v) is 8.44. The molecule has 5 heteroatoms. The topological polar surface area (TPSA) is 47.9 Å². The maximum Gasteiger partial charge on any atom is 0.199 e. The Hall–Kier alpha value is 0.320. The molecule has 0 aromatic rings. The number of hydrogen-bond donors (Lipinski definition) is 1. The van der Waals surface area contributed by atoms with Gasteiger partial charge in [-0.2, -0.15) is 0 Å². The van der Waals surface area contributed by atoms with E-state index < -0.39 is 11.4 Å². The summed E-state index contributed by atoms with van der Waals surface area (Å²) in [6.07, 6.45) is 1.91. The normalized spacial score (nSPS) is 63.3. The van der Waals surface area contributed by atoms with Crippen molar-refractivity contribution in [2.75, 3.05) is 0 Å². The third-order valence-electron chi connectivity index (χ3n) is 6.10. The van der Waals surface area contributed by atoms with Crippen LogP contribution in [0.3, 0.4) is 0 Å². The fraction of sp³-hybridized carbons (Fsp3) is 1.00. The molecule has 3 bridgehead atoms. The molecule has 1 saturated carbocycles. The molecule has 0 amide bonds. The van der Waals surface area contributed by atoms with E-state index >= 15 is 0 Å². The third-order valence-corrected chi connectivity index (χ3v) is 7.53. The van der Waals surface area contributed by atoms with E-state index in [2.05, 4.69) is 43.6 Å². The molecular formula is C15H23BrO4. The van der Waals surface area contributed by atoms with Crippen molar-refractivity contribution >= 4 is 15.9 Å². The van der Waals surface area contributed by atoms with Crippen LogP contribution >= 0.6 is 15.9 Å². The molecule has 20 heavy (non-hydrogen) atoms. The summed E-state index contributed by atoms with van der Waals surface area (Å²) in [5, 5.41) is 10.6. The van der Waals surface area contributed by atoms with Gasteiger partial charge in [0.1, 0.15) is 5.60 Å². The van der Waals surface area contributed by atoms with E-state index in [1.54, 1.807) is 0 Å². The lowest BCUT2D eigenvalue weighted by atomic mass is 9.64. The van der Waals surface area contributed by atoms with Gasteiger partial charge in [0, 0.05) is 23.6 Å². The number of rotatable bonds is 0. The van der Waals surface area contributed by atoms with Crippen LogP contribution in [0.15, 0.2) is 0 Å². The van der Waals surface area contributed by atoms with E-state index in [9.17, 15) is 5.11 Å². The zero-order valence-corrected chi connectivity index (χ0v) is 14.1. The highest BCUT2D eigenvalue weighted by Gasteiger charge is 2.76. The molecule has 0 aromatic carbocycles. The van der Waals surface area contributed by atoms with Crippen molar-refractivity contribution < 1.29 is 19.3 Å². The monoisotopic (exact) mass is 346 g/mol. The molecule has 0 aromatic heterocycles. The second-order valence-electron chi connectivity index (χ2n) is 7.87. The smallest absolute Gasteiger partial charge is 0.199 e. The van der Waals surface area contributed by atoms with Gasteiger partial charge < -0.3 is 19.3 Å². The van der Waals surface area contributed by atoms with Gasteiger partial charge in [-0.3, -0.25) is 0 Å². The van der Waals surface area contributed by atoms with Crippen LogP contribution in [-0.2, 0) is 14.2 Å². The molecule has 114 valence electrons. The first kappa shape index (κ1) is 13.9. The second kappa shape index (κ2) is 3.62. The summed E-state index contributed by atoms with van der Waals surface area (Å²) in [5.41, 5.74) is -1.28. The molecular weight excluding hydrogens is 324 g/mol. The van der Waals surface area contributed by atoms with Gasteiger partial charge in [0.05, 0.1) is 23.4 Å². The number of ether oxygens (including phenoxy) is 3. The maximum absolute atomic E-state index is 10.6. The molecule has 3 aliphatic heterocycles. The molecule has 7 atom stereocenters. The van der Waals surface area contributed by atoms with E-state index in [0.29, 0.717) is 6.42 Å². The Bertz CT molecular complexity index is 469. The Labute approximate surface area is 128 Å². The van der Waals surface area contributed by atoms with Crippen LogP contribution in [-0.4, -0.2) is 44.7 Å². The average molecular weight is 347 g/mol. The lowest BCUT2D eigenvalue weighted by Crippen LogP contribution is -2.71. The van der Waals surface area contributed by atoms with Crippen molar-refractivity contribution in [3.63, 3.8) is 0 Å². The van der Waals surface area contributed by atoms with Crippen LogP contribution in [0.2, 0.25) is 0 Å². The first-order chi connectivity index (χ1) is 9.12. The van der Waals surface area contributed by atoms with Crippen LogP contribution in [0.5, 0.6) is 0 Å². The van der Waals surface area contributed by atoms with Crippen molar-refractivity contribution in [3.8, 4) is 0 Å². The summed E-state index contributed by atoms with van der Waals surface area (Å²) in [4.78, 5) is 0.167. The predicted molar refractivity (Wildman–Crippen MR) is 76.7 cm³/mol. The Morgan fingerprint density at radius 2 is 1.80 bits per heavy atom. The van der Waals surface area contributed by atoms with Crippen LogP contribution < -0.4 is 0 Å². The summed E-state index contributed by atoms with van der Waals surface area (Å²) in [6.45, 7) is 8.31. The minimum absolute atomic E-state index is 0.0773. The number of fused-ring (bicyclic) bond motifs is 2. The third kappa shape index (κ3) is 1.42.